The average molecular weight is 341 g/mol. The molecule has 0 bridgehead atoms. The highest BCUT2D eigenvalue weighted by molar-refractivity contribution is 7.13. The summed E-state index contributed by atoms with van der Waals surface area (Å²) in [5.74, 6) is 1.23. The Morgan fingerprint density at radius 1 is 0.680 bits per heavy atom. The van der Waals surface area contributed by atoms with Crippen LogP contribution in [0.5, 0.6) is 0 Å². The number of rotatable bonds is 4. The molecule has 3 aromatic carbocycles. The van der Waals surface area contributed by atoms with E-state index in [-0.39, 0.29) is 0 Å². The molecule has 1 heterocycles. The van der Waals surface area contributed by atoms with Crippen LogP contribution in [0.25, 0.3) is 11.3 Å². The fraction of sp³-hybridized carbons (Fsp3) is 0. The Hall–Kier alpha value is -2.91. The largest absolute Gasteiger partial charge is 0.375 e. The molecule has 121 valence electrons. The van der Waals surface area contributed by atoms with Gasteiger partial charge in [-0.25, -0.2) is 4.98 Å². The minimum atomic E-state index is 0.597. The molecule has 0 atom stereocenters. The van der Waals surface area contributed by atoms with E-state index in [1.807, 2.05) is 17.5 Å². The van der Waals surface area contributed by atoms with Gasteiger partial charge in [0, 0.05) is 10.9 Å². The fourth-order valence-corrected chi connectivity index (χ4v) is 3.51. The molecule has 1 radical (unpaired) electrons. The van der Waals surface area contributed by atoms with E-state index in [4.69, 9.17) is 5.73 Å². The van der Waals surface area contributed by atoms with Gasteiger partial charge in [0.25, 0.3) is 0 Å². The number of aromatic nitrogens is 1. The monoisotopic (exact) mass is 341 g/mol. The van der Waals surface area contributed by atoms with E-state index in [0.717, 1.165) is 11.3 Å². The molecule has 0 saturated carbocycles. The maximum Gasteiger partial charge on any atom is 0.180 e. The summed E-state index contributed by atoms with van der Waals surface area (Å²) in [5, 5.41) is 2.59. The molecule has 0 unspecified atom stereocenters. The number of benzene rings is 3. The Kier molecular flexibility index (Phi) is 4.32. The quantitative estimate of drug-likeness (QED) is 0.504. The molecule has 3 heteroatoms. The van der Waals surface area contributed by atoms with Crippen molar-refractivity contribution in [2.24, 2.45) is 0 Å². The van der Waals surface area contributed by atoms with Gasteiger partial charge in [-0.2, -0.15) is 0 Å². The molecule has 0 spiro atoms. The summed E-state index contributed by atoms with van der Waals surface area (Å²) in [6, 6.07) is 29.5. The van der Waals surface area contributed by atoms with E-state index in [2.05, 4.69) is 77.8 Å². The van der Waals surface area contributed by atoms with E-state index < -0.39 is 0 Å². The van der Waals surface area contributed by atoms with Gasteiger partial charge >= 0.3 is 0 Å². The lowest BCUT2D eigenvalue weighted by atomic mass is 9.85. The van der Waals surface area contributed by atoms with Gasteiger partial charge in [0.05, 0.1) is 11.6 Å². The molecule has 25 heavy (non-hydrogen) atoms. The zero-order valence-corrected chi connectivity index (χ0v) is 14.4. The van der Waals surface area contributed by atoms with E-state index >= 15 is 0 Å². The van der Waals surface area contributed by atoms with E-state index in [0.29, 0.717) is 5.13 Å². The van der Waals surface area contributed by atoms with Crippen LogP contribution in [0.15, 0.2) is 90.3 Å². The number of nitrogens with two attached hydrogens (primary N) is 1. The molecule has 4 rings (SSSR count). The van der Waals surface area contributed by atoms with Gasteiger partial charge in [-0.3, -0.25) is 0 Å². The van der Waals surface area contributed by atoms with Gasteiger partial charge in [0.1, 0.15) is 0 Å². The highest BCUT2D eigenvalue weighted by atomic mass is 32.1. The molecule has 0 aliphatic carbocycles. The van der Waals surface area contributed by atoms with Gasteiger partial charge < -0.3 is 5.73 Å². The summed E-state index contributed by atoms with van der Waals surface area (Å²) in [4.78, 5) is 4.36. The maximum absolute atomic E-state index is 5.75. The predicted molar refractivity (Wildman–Crippen MR) is 105 cm³/mol. The topological polar surface area (TPSA) is 38.9 Å². The number of hydrogen-bond donors (Lipinski definition) is 1. The van der Waals surface area contributed by atoms with E-state index in [9.17, 15) is 0 Å². The Labute approximate surface area is 151 Å². The number of nitrogens with zero attached hydrogens (tertiary/aromatic N) is 1. The Balaban J connectivity index is 1.75. The Bertz CT molecular complexity index is 905. The highest BCUT2D eigenvalue weighted by Gasteiger charge is 2.17. The minimum Gasteiger partial charge on any atom is -0.375 e. The number of nitrogen functional groups attached to an aromatic ring is 1. The molecule has 1 aromatic heterocycles. The van der Waals surface area contributed by atoms with Crippen LogP contribution in [0.1, 0.15) is 16.7 Å². The van der Waals surface area contributed by atoms with Crippen molar-refractivity contribution in [2.75, 3.05) is 5.73 Å². The van der Waals surface area contributed by atoms with Gasteiger partial charge in [-0.05, 0) is 16.7 Å². The molecular weight excluding hydrogens is 324 g/mol. The third kappa shape index (κ3) is 3.32. The van der Waals surface area contributed by atoms with Crippen molar-refractivity contribution < 1.29 is 0 Å². The first-order chi connectivity index (χ1) is 12.3. The van der Waals surface area contributed by atoms with Gasteiger partial charge in [0.2, 0.25) is 0 Å². The predicted octanol–water partition coefficient (Wildman–Crippen LogP) is 5.41. The third-order valence-corrected chi connectivity index (χ3v) is 4.79. The van der Waals surface area contributed by atoms with Crippen LogP contribution < -0.4 is 5.73 Å². The van der Waals surface area contributed by atoms with Gasteiger partial charge in [-0.1, -0.05) is 84.9 Å². The van der Waals surface area contributed by atoms with Crippen molar-refractivity contribution >= 4 is 16.5 Å². The van der Waals surface area contributed by atoms with Gasteiger partial charge in [0.15, 0.2) is 5.13 Å². The van der Waals surface area contributed by atoms with Crippen molar-refractivity contribution in [1.82, 2.24) is 4.98 Å². The van der Waals surface area contributed by atoms with Crippen LogP contribution in [0.3, 0.4) is 0 Å². The Morgan fingerprint density at radius 3 is 1.68 bits per heavy atom. The molecule has 0 aliphatic rings. The lowest BCUT2D eigenvalue weighted by molar-refractivity contribution is 1.23. The fourth-order valence-electron chi connectivity index (χ4n) is 2.94. The second-order valence-electron chi connectivity index (χ2n) is 5.76. The molecule has 2 N–H and O–H groups in total. The van der Waals surface area contributed by atoms with Crippen LogP contribution >= 0.6 is 11.3 Å². The zero-order valence-electron chi connectivity index (χ0n) is 13.6. The molecule has 0 amide bonds. The number of hydrogen-bond acceptors (Lipinski definition) is 3. The second kappa shape index (κ2) is 6.91. The van der Waals surface area contributed by atoms with Crippen LogP contribution in [0.4, 0.5) is 5.13 Å². The molecule has 2 nitrogen and oxygen atoms in total. The van der Waals surface area contributed by atoms with Crippen molar-refractivity contribution in [1.29, 1.82) is 0 Å². The molecule has 4 aromatic rings. The summed E-state index contributed by atoms with van der Waals surface area (Å²) in [7, 11) is 0. The van der Waals surface area contributed by atoms with E-state index in [1.54, 1.807) is 0 Å². The standard InChI is InChI=1S/C22H17N2S/c23-22-24-20(15-25-22)16-11-13-19(14-12-16)21(17-7-3-1-4-8-17)18-9-5-2-6-10-18/h1-15H,(H2,23,24). The first kappa shape index (κ1) is 15.6. The van der Waals surface area contributed by atoms with E-state index in [1.165, 1.54) is 33.9 Å². The maximum atomic E-state index is 5.75. The van der Waals surface area contributed by atoms with Crippen molar-refractivity contribution in [3.63, 3.8) is 0 Å². The summed E-state index contributed by atoms with van der Waals surface area (Å²) in [5.41, 5.74) is 11.4. The molecular formula is C22H17N2S. The lowest BCUT2D eigenvalue weighted by Gasteiger charge is -2.18. The zero-order chi connectivity index (χ0) is 17.1. The van der Waals surface area contributed by atoms with Crippen LogP contribution in [0, 0.1) is 5.92 Å². The van der Waals surface area contributed by atoms with Crippen LogP contribution in [-0.4, -0.2) is 4.98 Å². The first-order valence-electron chi connectivity index (χ1n) is 8.11. The normalized spacial score (nSPS) is 10.9. The molecule has 0 aliphatic heterocycles. The number of thiazole rings is 1. The molecule has 0 fully saturated rings. The van der Waals surface area contributed by atoms with Crippen molar-refractivity contribution in [2.45, 2.75) is 0 Å². The Morgan fingerprint density at radius 2 is 1.20 bits per heavy atom. The third-order valence-electron chi connectivity index (χ3n) is 4.12. The minimum absolute atomic E-state index is 0.597. The second-order valence-corrected chi connectivity index (χ2v) is 6.65. The van der Waals surface area contributed by atoms with Crippen molar-refractivity contribution in [3.8, 4) is 11.3 Å². The summed E-state index contributed by atoms with van der Waals surface area (Å²) in [6.45, 7) is 0. The number of anilines is 1. The van der Waals surface area contributed by atoms with Gasteiger partial charge in [-0.15, -0.1) is 11.3 Å². The average Bonchev–Trinajstić information content (AvgIpc) is 3.11. The summed E-state index contributed by atoms with van der Waals surface area (Å²) in [6.07, 6.45) is 0. The smallest absolute Gasteiger partial charge is 0.180 e. The van der Waals surface area contributed by atoms with Crippen molar-refractivity contribution in [3.05, 3.63) is 113 Å². The highest BCUT2D eigenvalue weighted by Crippen LogP contribution is 2.32. The lowest BCUT2D eigenvalue weighted by Crippen LogP contribution is -2.04. The summed E-state index contributed by atoms with van der Waals surface area (Å²) >= 11 is 1.46. The first-order valence-corrected chi connectivity index (χ1v) is 8.99. The SMILES string of the molecule is Nc1nc(-c2ccc([C](c3ccccc3)c3ccccc3)cc2)cs1. The van der Waals surface area contributed by atoms with Crippen LogP contribution in [-0.2, 0) is 0 Å². The summed E-state index contributed by atoms with van der Waals surface area (Å²) < 4.78 is 0. The molecule has 0 saturated heterocycles. The van der Waals surface area contributed by atoms with Crippen LogP contribution in [0.2, 0.25) is 0 Å².